The fraction of sp³-hybridized carbons (Fsp3) is 0.250. The molecule has 1 aromatic rings. The van der Waals surface area contributed by atoms with E-state index in [0.717, 1.165) is 0 Å². The summed E-state index contributed by atoms with van der Waals surface area (Å²) in [4.78, 5) is 7.56. The molecule has 0 amide bonds. The molecule has 0 fully saturated rings. The molecule has 13 heavy (non-hydrogen) atoms. The number of hydrogen-bond donors (Lipinski definition) is 1. The maximum atomic E-state index is 5.56. The highest BCUT2D eigenvalue weighted by molar-refractivity contribution is 6.28. The Bertz CT molecular complexity index is 314. The molecule has 0 aromatic carbocycles. The van der Waals surface area contributed by atoms with Crippen LogP contribution in [0, 0.1) is 0 Å². The average molecular weight is 200 g/mol. The third kappa shape index (κ3) is 2.91. The number of hydrogen-bond acceptors (Lipinski definition) is 4. The molecule has 1 rings (SSSR count). The monoisotopic (exact) mass is 199 g/mol. The molecule has 0 saturated heterocycles. The second-order valence-corrected chi connectivity index (χ2v) is 2.58. The molecular formula is C8H10ClN3O. The van der Waals surface area contributed by atoms with Gasteiger partial charge in [0.1, 0.15) is 5.82 Å². The Labute approximate surface area is 81.4 Å². The van der Waals surface area contributed by atoms with E-state index in [9.17, 15) is 0 Å². The van der Waals surface area contributed by atoms with Crippen molar-refractivity contribution >= 4 is 23.5 Å². The Morgan fingerprint density at radius 1 is 1.69 bits per heavy atom. The topological polar surface area (TPSA) is 61.0 Å². The van der Waals surface area contributed by atoms with Crippen molar-refractivity contribution in [1.29, 1.82) is 0 Å². The summed E-state index contributed by atoms with van der Waals surface area (Å²) in [5.41, 5.74) is 6.25. The first-order valence-corrected chi connectivity index (χ1v) is 4.18. The van der Waals surface area contributed by atoms with Crippen molar-refractivity contribution in [3.05, 3.63) is 23.3 Å². The SMILES string of the molecule is CCOC=Cc1cnc(Cl)nc1N. The van der Waals surface area contributed by atoms with Gasteiger partial charge in [-0.3, -0.25) is 0 Å². The third-order valence-corrected chi connectivity index (χ3v) is 1.51. The van der Waals surface area contributed by atoms with Gasteiger partial charge in [-0.2, -0.15) is 0 Å². The summed E-state index contributed by atoms with van der Waals surface area (Å²) in [6.45, 7) is 2.51. The van der Waals surface area contributed by atoms with Crippen molar-refractivity contribution < 1.29 is 4.74 Å². The van der Waals surface area contributed by atoms with E-state index in [0.29, 0.717) is 18.0 Å². The van der Waals surface area contributed by atoms with E-state index in [4.69, 9.17) is 22.1 Å². The highest BCUT2D eigenvalue weighted by Gasteiger charge is 1.98. The quantitative estimate of drug-likeness (QED) is 0.595. The third-order valence-electron chi connectivity index (χ3n) is 1.33. The Kier molecular flexibility index (Phi) is 3.52. The lowest BCUT2D eigenvalue weighted by Gasteiger charge is -1.98. The van der Waals surface area contributed by atoms with E-state index in [1.165, 1.54) is 0 Å². The van der Waals surface area contributed by atoms with Crippen LogP contribution in [-0.4, -0.2) is 16.6 Å². The minimum absolute atomic E-state index is 0.144. The van der Waals surface area contributed by atoms with E-state index in [2.05, 4.69) is 9.97 Å². The van der Waals surface area contributed by atoms with Gasteiger partial charge in [0.25, 0.3) is 0 Å². The van der Waals surface area contributed by atoms with Crippen LogP contribution >= 0.6 is 11.6 Å². The summed E-state index contributed by atoms with van der Waals surface area (Å²) in [5, 5.41) is 0.144. The molecular weight excluding hydrogens is 190 g/mol. The van der Waals surface area contributed by atoms with E-state index >= 15 is 0 Å². The Hall–Kier alpha value is -1.29. The fourth-order valence-corrected chi connectivity index (χ4v) is 0.868. The number of nitrogens with zero attached hydrogens (tertiary/aromatic N) is 2. The number of nitrogens with two attached hydrogens (primary N) is 1. The number of halogens is 1. The number of anilines is 1. The molecule has 0 radical (unpaired) electrons. The van der Waals surface area contributed by atoms with Crippen LogP contribution in [0.3, 0.4) is 0 Å². The van der Waals surface area contributed by atoms with Gasteiger partial charge in [-0.1, -0.05) is 0 Å². The number of aromatic nitrogens is 2. The predicted octanol–water partition coefficient (Wildman–Crippen LogP) is 1.72. The lowest BCUT2D eigenvalue weighted by atomic mass is 10.3. The lowest BCUT2D eigenvalue weighted by molar-refractivity contribution is 0.272. The van der Waals surface area contributed by atoms with Crippen molar-refractivity contribution in [2.24, 2.45) is 0 Å². The average Bonchev–Trinajstić information content (AvgIpc) is 2.09. The van der Waals surface area contributed by atoms with Crippen molar-refractivity contribution in [2.45, 2.75) is 6.92 Å². The smallest absolute Gasteiger partial charge is 0.224 e. The zero-order valence-corrected chi connectivity index (χ0v) is 7.95. The molecule has 0 aliphatic heterocycles. The Morgan fingerprint density at radius 2 is 2.46 bits per heavy atom. The van der Waals surface area contributed by atoms with Gasteiger partial charge in [0.15, 0.2) is 0 Å². The summed E-state index contributed by atoms with van der Waals surface area (Å²) in [7, 11) is 0. The Morgan fingerprint density at radius 3 is 3.08 bits per heavy atom. The number of rotatable bonds is 3. The highest BCUT2D eigenvalue weighted by atomic mass is 35.5. The van der Waals surface area contributed by atoms with Gasteiger partial charge in [-0.05, 0) is 24.6 Å². The second kappa shape index (κ2) is 4.67. The summed E-state index contributed by atoms with van der Waals surface area (Å²) in [6.07, 6.45) is 4.78. The molecule has 4 nitrogen and oxygen atoms in total. The van der Waals surface area contributed by atoms with Crippen LogP contribution in [0.15, 0.2) is 12.5 Å². The van der Waals surface area contributed by atoms with Crippen LogP contribution in [-0.2, 0) is 4.74 Å². The molecule has 2 N–H and O–H groups in total. The van der Waals surface area contributed by atoms with Crippen molar-refractivity contribution in [3.8, 4) is 0 Å². The number of ether oxygens (including phenoxy) is 1. The van der Waals surface area contributed by atoms with Gasteiger partial charge in [-0.15, -0.1) is 0 Å². The van der Waals surface area contributed by atoms with E-state index in [-0.39, 0.29) is 5.28 Å². The molecule has 0 atom stereocenters. The van der Waals surface area contributed by atoms with Crippen molar-refractivity contribution in [3.63, 3.8) is 0 Å². The lowest BCUT2D eigenvalue weighted by Crippen LogP contribution is -1.95. The van der Waals surface area contributed by atoms with Crippen molar-refractivity contribution in [2.75, 3.05) is 12.3 Å². The predicted molar refractivity (Wildman–Crippen MR) is 52.1 cm³/mol. The van der Waals surface area contributed by atoms with E-state index < -0.39 is 0 Å². The summed E-state index contributed by atoms with van der Waals surface area (Å²) < 4.78 is 5.00. The molecule has 0 saturated carbocycles. The second-order valence-electron chi connectivity index (χ2n) is 2.24. The van der Waals surface area contributed by atoms with Crippen LogP contribution in [0.4, 0.5) is 5.82 Å². The normalized spacial score (nSPS) is 10.6. The molecule has 5 heteroatoms. The van der Waals surface area contributed by atoms with Gasteiger partial charge in [0, 0.05) is 11.8 Å². The van der Waals surface area contributed by atoms with Crippen LogP contribution in [0.25, 0.3) is 6.08 Å². The van der Waals surface area contributed by atoms with Crippen LogP contribution in [0.2, 0.25) is 5.28 Å². The first-order valence-electron chi connectivity index (χ1n) is 3.80. The fourth-order valence-electron chi connectivity index (χ4n) is 0.728. The van der Waals surface area contributed by atoms with Crippen LogP contribution in [0.1, 0.15) is 12.5 Å². The van der Waals surface area contributed by atoms with Crippen molar-refractivity contribution in [1.82, 2.24) is 9.97 Å². The standard InChI is InChI=1S/C8H10ClN3O/c1-2-13-4-3-6-5-11-8(9)12-7(6)10/h3-5H,2H2,1H3,(H2,10,11,12). The molecule has 0 aliphatic carbocycles. The summed E-state index contributed by atoms with van der Waals surface area (Å²) in [6, 6.07) is 0. The van der Waals surface area contributed by atoms with Gasteiger partial charge >= 0.3 is 0 Å². The van der Waals surface area contributed by atoms with Crippen LogP contribution < -0.4 is 5.73 Å². The Balaban J connectivity index is 2.77. The van der Waals surface area contributed by atoms with Gasteiger partial charge < -0.3 is 10.5 Å². The number of nitrogen functional groups attached to an aromatic ring is 1. The highest BCUT2D eigenvalue weighted by Crippen LogP contribution is 2.11. The molecule has 0 bridgehead atoms. The molecule has 0 unspecified atom stereocenters. The first kappa shape index (κ1) is 9.80. The van der Waals surface area contributed by atoms with Gasteiger partial charge in [0.2, 0.25) is 5.28 Å². The van der Waals surface area contributed by atoms with Gasteiger partial charge in [-0.25, -0.2) is 9.97 Å². The maximum absolute atomic E-state index is 5.56. The first-order chi connectivity index (χ1) is 6.24. The van der Waals surface area contributed by atoms with Crippen LogP contribution in [0.5, 0.6) is 0 Å². The zero-order chi connectivity index (χ0) is 9.68. The minimum atomic E-state index is 0.144. The zero-order valence-electron chi connectivity index (χ0n) is 7.20. The maximum Gasteiger partial charge on any atom is 0.224 e. The van der Waals surface area contributed by atoms with E-state index in [1.54, 1.807) is 18.5 Å². The summed E-state index contributed by atoms with van der Waals surface area (Å²) in [5.74, 6) is 0.343. The minimum Gasteiger partial charge on any atom is -0.501 e. The molecule has 0 aliphatic rings. The largest absolute Gasteiger partial charge is 0.501 e. The molecule has 1 aromatic heterocycles. The van der Waals surface area contributed by atoms with Gasteiger partial charge in [0.05, 0.1) is 12.9 Å². The molecule has 0 spiro atoms. The summed E-state index contributed by atoms with van der Waals surface area (Å²) >= 11 is 5.52. The van der Waals surface area contributed by atoms with E-state index in [1.807, 2.05) is 6.92 Å². The molecule has 1 heterocycles. The molecule has 70 valence electrons.